The molecule has 2 aromatic rings. The maximum absolute atomic E-state index is 8.57. The van der Waals surface area contributed by atoms with Gasteiger partial charge >= 0.3 is 0 Å². The van der Waals surface area contributed by atoms with Crippen molar-refractivity contribution in [2.75, 3.05) is 5.73 Å². The largest absolute Gasteiger partial charge is 0.409 e. The normalized spacial score (nSPS) is 11.6. The van der Waals surface area contributed by atoms with Crippen molar-refractivity contribution in [2.45, 2.75) is 6.54 Å². The van der Waals surface area contributed by atoms with Gasteiger partial charge in [0.15, 0.2) is 11.5 Å². The van der Waals surface area contributed by atoms with Gasteiger partial charge in [0, 0.05) is 0 Å². The number of benzene rings is 1. The Bertz CT molecular complexity index is 532. The van der Waals surface area contributed by atoms with Crippen LogP contribution >= 0.6 is 0 Å². The summed E-state index contributed by atoms with van der Waals surface area (Å²) in [7, 11) is 0. The lowest BCUT2D eigenvalue weighted by molar-refractivity contribution is 0.318. The highest BCUT2D eigenvalue weighted by molar-refractivity contribution is 5.99. The predicted molar refractivity (Wildman–Crippen MR) is 64.7 cm³/mol. The van der Waals surface area contributed by atoms with E-state index in [1.807, 2.05) is 30.3 Å². The van der Waals surface area contributed by atoms with E-state index in [0.29, 0.717) is 18.1 Å². The first-order valence-electron chi connectivity index (χ1n) is 5.05. The summed E-state index contributed by atoms with van der Waals surface area (Å²) in [5, 5.41) is 11.4. The second-order valence-corrected chi connectivity index (χ2v) is 3.58. The second-order valence-electron chi connectivity index (χ2n) is 3.58. The van der Waals surface area contributed by atoms with Crippen molar-refractivity contribution in [1.82, 2.24) is 9.55 Å². The van der Waals surface area contributed by atoms with E-state index >= 15 is 0 Å². The standard InChI is InChI=1S/C11H13N5O/c12-10(15-17)9-11(13)16(7-14-9)6-8-4-2-1-3-5-8/h1-5,7,17H,6,13H2,(H2,12,15). The van der Waals surface area contributed by atoms with E-state index in [2.05, 4.69) is 10.1 Å². The molecule has 0 radical (unpaired) electrons. The summed E-state index contributed by atoms with van der Waals surface area (Å²) in [4.78, 5) is 4.00. The van der Waals surface area contributed by atoms with Gasteiger partial charge in [-0.1, -0.05) is 35.5 Å². The highest BCUT2D eigenvalue weighted by atomic mass is 16.4. The number of nitrogens with zero attached hydrogens (tertiary/aromatic N) is 3. The quantitative estimate of drug-likeness (QED) is 0.311. The summed E-state index contributed by atoms with van der Waals surface area (Å²) >= 11 is 0. The van der Waals surface area contributed by atoms with Crippen LogP contribution in [0.25, 0.3) is 0 Å². The monoisotopic (exact) mass is 231 g/mol. The van der Waals surface area contributed by atoms with Crippen LogP contribution < -0.4 is 11.5 Å². The minimum atomic E-state index is -0.0886. The summed E-state index contributed by atoms with van der Waals surface area (Å²) in [6.45, 7) is 0.596. The van der Waals surface area contributed by atoms with Crippen molar-refractivity contribution >= 4 is 11.7 Å². The topological polar surface area (TPSA) is 102 Å². The third-order valence-electron chi connectivity index (χ3n) is 2.42. The number of nitrogen functional groups attached to an aromatic ring is 1. The molecular weight excluding hydrogens is 218 g/mol. The van der Waals surface area contributed by atoms with Gasteiger partial charge in [0.25, 0.3) is 0 Å². The van der Waals surface area contributed by atoms with Gasteiger partial charge in [-0.2, -0.15) is 0 Å². The number of rotatable bonds is 3. The number of aromatic nitrogens is 2. The minimum absolute atomic E-state index is 0.0886. The summed E-state index contributed by atoms with van der Waals surface area (Å²) in [5.74, 6) is 0.290. The first-order valence-corrected chi connectivity index (χ1v) is 5.05. The van der Waals surface area contributed by atoms with E-state index in [0.717, 1.165) is 5.56 Å². The van der Waals surface area contributed by atoms with Crippen molar-refractivity contribution in [3.05, 3.63) is 47.9 Å². The van der Waals surface area contributed by atoms with E-state index in [1.54, 1.807) is 10.9 Å². The molecule has 0 bridgehead atoms. The second kappa shape index (κ2) is 4.56. The molecule has 0 fully saturated rings. The summed E-state index contributed by atoms with van der Waals surface area (Å²) in [6.07, 6.45) is 1.57. The van der Waals surface area contributed by atoms with E-state index in [-0.39, 0.29) is 5.84 Å². The average molecular weight is 231 g/mol. The zero-order valence-corrected chi connectivity index (χ0v) is 9.11. The number of nitrogens with two attached hydrogens (primary N) is 2. The Morgan fingerprint density at radius 3 is 2.71 bits per heavy atom. The number of oxime groups is 1. The zero-order chi connectivity index (χ0) is 12.3. The molecule has 1 aromatic carbocycles. The molecule has 0 saturated carbocycles. The predicted octanol–water partition coefficient (Wildman–Crippen LogP) is 0.608. The van der Waals surface area contributed by atoms with Crippen molar-refractivity contribution in [1.29, 1.82) is 0 Å². The van der Waals surface area contributed by atoms with Crippen LogP contribution in [0.15, 0.2) is 41.8 Å². The molecule has 0 amide bonds. The maximum atomic E-state index is 8.57. The van der Waals surface area contributed by atoms with Crippen molar-refractivity contribution in [2.24, 2.45) is 10.9 Å². The molecule has 0 atom stereocenters. The lowest BCUT2D eigenvalue weighted by Crippen LogP contribution is -2.16. The Morgan fingerprint density at radius 2 is 2.06 bits per heavy atom. The summed E-state index contributed by atoms with van der Waals surface area (Å²) < 4.78 is 1.74. The number of anilines is 1. The SMILES string of the molecule is N/C(=N\O)c1ncn(Cc2ccccc2)c1N. The maximum Gasteiger partial charge on any atom is 0.192 e. The minimum Gasteiger partial charge on any atom is -0.409 e. The molecular formula is C11H13N5O. The van der Waals surface area contributed by atoms with E-state index in [1.165, 1.54) is 0 Å². The average Bonchev–Trinajstić information content (AvgIpc) is 2.72. The molecule has 88 valence electrons. The van der Waals surface area contributed by atoms with Crippen LogP contribution in [0.4, 0.5) is 5.82 Å². The van der Waals surface area contributed by atoms with E-state index in [9.17, 15) is 0 Å². The molecule has 0 saturated heterocycles. The van der Waals surface area contributed by atoms with Gasteiger partial charge in [0.05, 0.1) is 12.9 Å². The highest BCUT2D eigenvalue weighted by Gasteiger charge is 2.11. The molecule has 5 N–H and O–H groups in total. The zero-order valence-electron chi connectivity index (χ0n) is 9.11. The van der Waals surface area contributed by atoms with Gasteiger partial charge < -0.3 is 21.2 Å². The Kier molecular flexibility index (Phi) is 2.95. The van der Waals surface area contributed by atoms with Crippen LogP contribution in [0.5, 0.6) is 0 Å². The smallest absolute Gasteiger partial charge is 0.192 e. The van der Waals surface area contributed by atoms with Gasteiger partial charge in [-0.05, 0) is 5.56 Å². The molecule has 0 spiro atoms. The Morgan fingerprint density at radius 1 is 1.35 bits per heavy atom. The first-order chi connectivity index (χ1) is 8.22. The summed E-state index contributed by atoms with van der Waals surface area (Å²) in [5.41, 5.74) is 12.7. The number of amidine groups is 1. The Balaban J connectivity index is 2.27. The van der Waals surface area contributed by atoms with E-state index in [4.69, 9.17) is 16.7 Å². The fourth-order valence-corrected chi connectivity index (χ4v) is 1.54. The van der Waals surface area contributed by atoms with Crippen molar-refractivity contribution in [3.8, 4) is 0 Å². The lowest BCUT2D eigenvalue weighted by Gasteiger charge is -2.05. The third-order valence-corrected chi connectivity index (χ3v) is 2.42. The highest BCUT2D eigenvalue weighted by Crippen LogP contribution is 2.12. The number of hydrogen-bond acceptors (Lipinski definition) is 4. The fraction of sp³-hybridized carbons (Fsp3) is 0.0909. The Labute approximate surface area is 98.2 Å². The van der Waals surface area contributed by atoms with Crippen LogP contribution in [0.1, 0.15) is 11.3 Å². The summed E-state index contributed by atoms with van der Waals surface area (Å²) in [6, 6.07) is 9.83. The van der Waals surface area contributed by atoms with Crippen LogP contribution in [0.3, 0.4) is 0 Å². The molecule has 0 aliphatic carbocycles. The fourth-order valence-electron chi connectivity index (χ4n) is 1.54. The number of imidazole rings is 1. The number of hydrogen-bond donors (Lipinski definition) is 3. The molecule has 0 aliphatic heterocycles. The molecule has 17 heavy (non-hydrogen) atoms. The van der Waals surface area contributed by atoms with Crippen molar-refractivity contribution in [3.63, 3.8) is 0 Å². The van der Waals surface area contributed by atoms with Gasteiger partial charge in [0.2, 0.25) is 0 Å². The molecule has 1 aromatic heterocycles. The molecule has 2 rings (SSSR count). The molecule has 6 heteroatoms. The van der Waals surface area contributed by atoms with Gasteiger partial charge in [-0.3, -0.25) is 0 Å². The molecule has 6 nitrogen and oxygen atoms in total. The lowest BCUT2D eigenvalue weighted by atomic mass is 10.2. The van der Waals surface area contributed by atoms with Gasteiger partial charge in [0.1, 0.15) is 5.82 Å². The van der Waals surface area contributed by atoms with Gasteiger partial charge in [-0.25, -0.2) is 4.98 Å². The van der Waals surface area contributed by atoms with Crippen LogP contribution in [-0.4, -0.2) is 20.6 Å². The molecule has 0 unspecified atom stereocenters. The first kappa shape index (κ1) is 11.0. The van der Waals surface area contributed by atoms with Gasteiger partial charge in [-0.15, -0.1) is 0 Å². The van der Waals surface area contributed by atoms with E-state index < -0.39 is 0 Å². The van der Waals surface area contributed by atoms with Crippen molar-refractivity contribution < 1.29 is 5.21 Å². The third kappa shape index (κ3) is 2.20. The van der Waals surface area contributed by atoms with Crippen LogP contribution in [-0.2, 0) is 6.54 Å². The molecule has 1 heterocycles. The van der Waals surface area contributed by atoms with Crippen LogP contribution in [0.2, 0.25) is 0 Å². The van der Waals surface area contributed by atoms with Crippen LogP contribution in [0, 0.1) is 0 Å². The Hall–Kier alpha value is -2.50. The molecule has 0 aliphatic rings.